The molecule has 1 aliphatic rings. The van der Waals surface area contributed by atoms with Gasteiger partial charge in [-0.3, -0.25) is 9.69 Å². The van der Waals surface area contributed by atoms with Crippen molar-refractivity contribution in [3.63, 3.8) is 0 Å². The predicted octanol–water partition coefficient (Wildman–Crippen LogP) is 4.14. The van der Waals surface area contributed by atoms with Crippen LogP contribution in [-0.2, 0) is 11.3 Å². The van der Waals surface area contributed by atoms with Crippen LogP contribution in [0.25, 0.3) is 11.4 Å². The van der Waals surface area contributed by atoms with Gasteiger partial charge in [0.2, 0.25) is 17.6 Å². The molecule has 0 radical (unpaired) electrons. The molecule has 1 N–H and O–H groups in total. The number of nitrogens with zero attached hydrogens (tertiary/aromatic N) is 3. The minimum atomic E-state index is -0.0587. The van der Waals surface area contributed by atoms with Gasteiger partial charge in [-0.1, -0.05) is 41.1 Å². The predicted molar refractivity (Wildman–Crippen MR) is 122 cm³/mol. The zero-order chi connectivity index (χ0) is 22.5. The molecule has 0 aliphatic carbocycles. The third-order valence-corrected chi connectivity index (χ3v) is 5.95. The van der Waals surface area contributed by atoms with E-state index < -0.39 is 0 Å². The quantitative estimate of drug-likeness (QED) is 0.602. The van der Waals surface area contributed by atoms with Crippen molar-refractivity contribution < 1.29 is 14.1 Å². The van der Waals surface area contributed by atoms with Crippen molar-refractivity contribution in [3.05, 3.63) is 65.5 Å². The van der Waals surface area contributed by atoms with E-state index in [-0.39, 0.29) is 17.9 Å². The fraction of sp³-hybridized carbons (Fsp3) is 0.400. The number of benzene rings is 2. The molecule has 2 heterocycles. The summed E-state index contributed by atoms with van der Waals surface area (Å²) >= 11 is 0. The Morgan fingerprint density at radius 2 is 2.09 bits per heavy atom. The minimum Gasteiger partial charge on any atom is -0.497 e. The maximum Gasteiger partial charge on any atom is 0.241 e. The standard InChI is InChI=1S/C25H30N4O3/c1-17-6-4-7-20(14-17)24-27-23(32-28-24)16-29-13-5-8-21(15-29)25(30)26-18(2)19-9-11-22(31-3)12-10-19/h4,6-7,9-12,14,18,21H,5,8,13,15-16H2,1-3H3,(H,26,30). The third kappa shape index (κ3) is 5.34. The maximum absolute atomic E-state index is 12.9. The smallest absolute Gasteiger partial charge is 0.241 e. The number of nitrogens with one attached hydrogen (secondary N) is 1. The highest BCUT2D eigenvalue weighted by Crippen LogP contribution is 2.23. The highest BCUT2D eigenvalue weighted by molar-refractivity contribution is 5.79. The Kier molecular flexibility index (Phi) is 6.85. The zero-order valence-corrected chi connectivity index (χ0v) is 18.9. The molecule has 32 heavy (non-hydrogen) atoms. The molecule has 1 aromatic heterocycles. The Hall–Kier alpha value is -3.19. The molecule has 1 aliphatic heterocycles. The van der Waals surface area contributed by atoms with Crippen LogP contribution in [0.3, 0.4) is 0 Å². The Morgan fingerprint density at radius 3 is 2.84 bits per heavy atom. The summed E-state index contributed by atoms with van der Waals surface area (Å²) in [5, 5.41) is 7.29. The van der Waals surface area contributed by atoms with Crippen LogP contribution in [0.4, 0.5) is 0 Å². The summed E-state index contributed by atoms with van der Waals surface area (Å²) in [6.07, 6.45) is 1.85. The summed E-state index contributed by atoms with van der Waals surface area (Å²) in [6.45, 7) is 6.20. The van der Waals surface area contributed by atoms with Gasteiger partial charge >= 0.3 is 0 Å². The monoisotopic (exact) mass is 434 g/mol. The topological polar surface area (TPSA) is 80.5 Å². The van der Waals surface area contributed by atoms with Gasteiger partial charge in [0.15, 0.2) is 0 Å². The number of piperidine rings is 1. The molecular formula is C25H30N4O3. The molecule has 1 saturated heterocycles. The lowest BCUT2D eigenvalue weighted by molar-refractivity contribution is -0.127. The van der Waals surface area contributed by atoms with Crippen LogP contribution >= 0.6 is 0 Å². The molecule has 0 spiro atoms. The molecule has 7 heteroatoms. The van der Waals surface area contributed by atoms with Gasteiger partial charge in [-0.15, -0.1) is 0 Å². The lowest BCUT2D eigenvalue weighted by atomic mass is 9.96. The van der Waals surface area contributed by atoms with Crippen molar-refractivity contribution in [1.29, 1.82) is 0 Å². The SMILES string of the molecule is COc1ccc(C(C)NC(=O)C2CCCN(Cc3nc(-c4cccc(C)c4)no3)C2)cc1. The number of aryl methyl sites for hydroxylation is 1. The number of methoxy groups -OCH3 is 1. The molecule has 1 amide bonds. The molecule has 2 atom stereocenters. The molecule has 0 bridgehead atoms. The third-order valence-electron chi connectivity index (χ3n) is 5.95. The van der Waals surface area contributed by atoms with Crippen molar-refractivity contribution in [2.45, 2.75) is 39.3 Å². The van der Waals surface area contributed by atoms with E-state index in [0.29, 0.717) is 24.8 Å². The van der Waals surface area contributed by atoms with Gasteiger partial charge in [-0.05, 0) is 57.0 Å². The van der Waals surface area contributed by atoms with Gasteiger partial charge < -0.3 is 14.6 Å². The van der Waals surface area contributed by atoms with Crippen molar-refractivity contribution in [2.24, 2.45) is 5.92 Å². The van der Waals surface area contributed by atoms with Gasteiger partial charge in [-0.2, -0.15) is 4.98 Å². The van der Waals surface area contributed by atoms with Crippen molar-refractivity contribution in [3.8, 4) is 17.1 Å². The van der Waals surface area contributed by atoms with Gasteiger partial charge in [0.1, 0.15) is 5.75 Å². The summed E-state index contributed by atoms with van der Waals surface area (Å²) in [7, 11) is 1.65. The first-order chi connectivity index (χ1) is 15.5. The lowest BCUT2D eigenvalue weighted by Gasteiger charge is -2.31. The van der Waals surface area contributed by atoms with Crippen LogP contribution < -0.4 is 10.1 Å². The Labute approximate surface area is 188 Å². The van der Waals surface area contributed by atoms with Crippen LogP contribution in [0.1, 0.15) is 42.8 Å². The molecule has 2 unspecified atom stereocenters. The average molecular weight is 435 g/mol. The lowest BCUT2D eigenvalue weighted by Crippen LogP contribution is -2.43. The summed E-state index contributed by atoms with van der Waals surface area (Å²) in [6, 6.07) is 15.8. The summed E-state index contributed by atoms with van der Waals surface area (Å²) in [5.74, 6) is 2.02. The summed E-state index contributed by atoms with van der Waals surface area (Å²) in [4.78, 5) is 19.7. The molecule has 3 aromatic rings. The fourth-order valence-electron chi connectivity index (χ4n) is 4.13. The Morgan fingerprint density at radius 1 is 1.28 bits per heavy atom. The second-order valence-electron chi connectivity index (χ2n) is 8.46. The van der Waals surface area contributed by atoms with E-state index in [4.69, 9.17) is 9.26 Å². The van der Waals surface area contributed by atoms with Crippen LogP contribution in [0.5, 0.6) is 5.75 Å². The largest absolute Gasteiger partial charge is 0.497 e. The van der Waals surface area contributed by atoms with Crippen molar-refractivity contribution in [1.82, 2.24) is 20.4 Å². The normalized spacial score (nSPS) is 17.7. The van der Waals surface area contributed by atoms with Gasteiger partial charge in [0.25, 0.3) is 0 Å². The molecule has 168 valence electrons. The first-order valence-corrected chi connectivity index (χ1v) is 11.1. The average Bonchev–Trinajstić information content (AvgIpc) is 3.28. The second-order valence-corrected chi connectivity index (χ2v) is 8.46. The first kappa shape index (κ1) is 22.0. The number of carbonyl (C=O) groups excluding carboxylic acids is 1. The number of carbonyl (C=O) groups is 1. The molecule has 4 rings (SSSR count). The molecular weight excluding hydrogens is 404 g/mol. The number of hydrogen-bond acceptors (Lipinski definition) is 6. The maximum atomic E-state index is 12.9. The highest BCUT2D eigenvalue weighted by Gasteiger charge is 2.28. The highest BCUT2D eigenvalue weighted by atomic mass is 16.5. The number of amides is 1. The molecule has 0 saturated carbocycles. The van der Waals surface area contributed by atoms with Crippen molar-refractivity contribution in [2.75, 3.05) is 20.2 Å². The van der Waals surface area contributed by atoms with E-state index in [0.717, 1.165) is 41.8 Å². The number of hydrogen-bond donors (Lipinski definition) is 1. The molecule has 1 fully saturated rings. The summed E-state index contributed by atoms with van der Waals surface area (Å²) in [5.41, 5.74) is 3.16. The fourth-order valence-corrected chi connectivity index (χ4v) is 4.13. The van der Waals surface area contributed by atoms with E-state index in [1.165, 1.54) is 0 Å². The van der Waals surface area contributed by atoms with E-state index in [1.54, 1.807) is 7.11 Å². The Balaban J connectivity index is 1.33. The van der Waals surface area contributed by atoms with Gasteiger partial charge in [0, 0.05) is 12.1 Å². The molecule has 2 aromatic carbocycles. The number of rotatable bonds is 7. The number of likely N-dealkylation sites (tertiary alicyclic amines) is 1. The van der Waals surface area contributed by atoms with Crippen LogP contribution in [0.2, 0.25) is 0 Å². The minimum absolute atomic E-state index is 0.0522. The Bertz CT molecular complexity index is 1050. The summed E-state index contributed by atoms with van der Waals surface area (Å²) < 4.78 is 10.7. The number of aromatic nitrogens is 2. The van der Waals surface area contributed by atoms with Crippen LogP contribution in [0, 0.1) is 12.8 Å². The van der Waals surface area contributed by atoms with E-state index in [1.807, 2.05) is 62.4 Å². The zero-order valence-electron chi connectivity index (χ0n) is 18.9. The van der Waals surface area contributed by atoms with E-state index >= 15 is 0 Å². The van der Waals surface area contributed by atoms with Crippen molar-refractivity contribution >= 4 is 5.91 Å². The first-order valence-electron chi connectivity index (χ1n) is 11.1. The van der Waals surface area contributed by atoms with Crippen LogP contribution in [-0.4, -0.2) is 41.1 Å². The second kappa shape index (κ2) is 9.96. The van der Waals surface area contributed by atoms with Crippen LogP contribution in [0.15, 0.2) is 53.1 Å². The van der Waals surface area contributed by atoms with E-state index in [2.05, 4.69) is 20.4 Å². The van der Waals surface area contributed by atoms with E-state index in [9.17, 15) is 4.79 Å². The number of ether oxygens (including phenoxy) is 1. The van der Waals surface area contributed by atoms with Gasteiger partial charge in [-0.25, -0.2) is 0 Å². The molecule has 7 nitrogen and oxygen atoms in total. The van der Waals surface area contributed by atoms with Gasteiger partial charge in [0.05, 0.1) is 25.6 Å².